The Kier molecular flexibility index (Phi) is 2.90. The molecule has 0 aliphatic heterocycles. The Morgan fingerprint density at radius 1 is 1.54 bits per heavy atom. The molecule has 2 aromatic rings. The number of aromatic nitrogens is 2. The zero-order valence-electron chi connectivity index (χ0n) is 6.45. The number of rotatable bonds is 1. The zero-order valence-corrected chi connectivity index (χ0v) is 8.02. The van der Waals surface area contributed by atoms with E-state index in [2.05, 4.69) is 9.97 Å². The summed E-state index contributed by atoms with van der Waals surface area (Å²) in [6.07, 6.45) is 3.22. The van der Waals surface area contributed by atoms with E-state index in [-0.39, 0.29) is 12.4 Å². The van der Waals surface area contributed by atoms with E-state index < -0.39 is 5.24 Å². The van der Waals surface area contributed by atoms with Crippen LogP contribution < -0.4 is 0 Å². The van der Waals surface area contributed by atoms with Crippen LogP contribution in [0.1, 0.15) is 10.4 Å². The van der Waals surface area contributed by atoms with E-state index >= 15 is 0 Å². The molecule has 0 aliphatic rings. The maximum atomic E-state index is 10.8. The van der Waals surface area contributed by atoms with Crippen molar-refractivity contribution < 1.29 is 4.79 Å². The second kappa shape index (κ2) is 3.77. The molecule has 0 saturated heterocycles. The summed E-state index contributed by atoms with van der Waals surface area (Å²) < 4.78 is 0. The number of nitrogens with one attached hydrogen (secondary N) is 1. The number of fused-ring (bicyclic) bond motifs is 1. The minimum Gasteiger partial charge on any atom is -0.345 e. The average molecular weight is 217 g/mol. The number of H-pyrrole nitrogens is 1. The standard InChI is InChI=1S/C8H5ClN2O.ClH/c9-7(12)6-4-11-8-5(6)2-1-3-10-8;/h1-4H,(H,10,11);1H. The fourth-order valence-corrected chi connectivity index (χ4v) is 1.27. The largest absolute Gasteiger partial charge is 0.345 e. The smallest absolute Gasteiger partial charge is 0.254 e. The maximum absolute atomic E-state index is 10.8. The van der Waals surface area contributed by atoms with Crippen LogP contribution in [0.5, 0.6) is 0 Å². The van der Waals surface area contributed by atoms with Crippen molar-refractivity contribution >= 4 is 40.3 Å². The molecule has 13 heavy (non-hydrogen) atoms. The molecule has 5 heteroatoms. The molecule has 2 rings (SSSR count). The molecule has 0 aromatic carbocycles. The first-order valence-corrected chi connectivity index (χ1v) is 3.79. The molecular weight excluding hydrogens is 211 g/mol. The van der Waals surface area contributed by atoms with Crippen molar-refractivity contribution in [1.82, 2.24) is 9.97 Å². The second-order valence-electron chi connectivity index (χ2n) is 2.38. The number of carbonyl (C=O) groups excluding carboxylic acids is 1. The Morgan fingerprint density at radius 2 is 2.31 bits per heavy atom. The highest BCUT2D eigenvalue weighted by molar-refractivity contribution is 6.68. The average Bonchev–Trinajstić information content (AvgIpc) is 2.47. The first-order valence-electron chi connectivity index (χ1n) is 3.41. The lowest BCUT2D eigenvalue weighted by Gasteiger charge is -1.88. The molecule has 0 aliphatic carbocycles. The molecule has 0 unspecified atom stereocenters. The molecule has 0 atom stereocenters. The lowest BCUT2D eigenvalue weighted by atomic mass is 10.2. The van der Waals surface area contributed by atoms with Gasteiger partial charge in [0.1, 0.15) is 5.65 Å². The van der Waals surface area contributed by atoms with Crippen molar-refractivity contribution in [3.63, 3.8) is 0 Å². The van der Waals surface area contributed by atoms with E-state index in [4.69, 9.17) is 11.6 Å². The third-order valence-corrected chi connectivity index (χ3v) is 1.87. The topological polar surface area (TPSA) is 45.8 Å². The van der Waals surface area contributed by atoms with Crippen molar-refractivity contribution in [2.24, 2.45) is 0 Å². The van der Waals surface area contributed by atoms with Crippen molar-refractivity contribution in [2.45, 2.75) is 0 Å². The van der Waals surface area contributed by atoms with E-state index in [0.29, 0.717) is 11.2 Å². The van der Waals surface area contributed by atoms with Gasteiger partial charge in [0.25, 0.3) is 5.24 Å². The third kappa shape index (κ3) is 1.66. The van der Waals surface area contributed by atoms with Crippen LogP contribution >= 0.6 is 24.0 Å². The van der Waals surface area contributed by atoms with Gasteiger partial charge in [-0.1, -0.05) is 0 Å². The number of pyridine rings is 1. The third-order valence-electron chi connectivity index (χ3n) is 1.66. The first-order chi connectivity index (χ1) is 5.79. The highest BCUT2D eigenvalue weighted by Gasteiger charge is 2.08. The summed E-state index contributed by atoms with van der Waals surface area (Å²) in [6, 6.07) is 3.56. The summed E-state index contributed by atoms with van der Waals surface area (Å²) in [5.74, 6) is 0. The van der Waals surface area contributed by atoms with Crippen LogP contribution in [0, 0.1) is 0 Å². The Hall–Kier alpha value is -1.06. The van der Waals surface area contributed by atoms with Gasteiger partial charge in [0, 0.05) is 17.8 Å². The minimum absolute atomic E-state index is 0. The number of aromatic amines is 1. The zero-order chi connectivity index (χ0) is 8.55. The molecule has 3 nitrogen and oxygen atoms in total. The highest BCUT2D eigenvalue weighted by Crippen LogP contribution is 2.16. The predicted octanol–water partition coefficient (Wildman–Crippen LogP) is 2.36. The summed E-state index contributed by atoms with van der Waals surface area (Å²) in [5, 5.41) is 0.298. The fraction of sp³-hybridized carbons (Fsp3) is 0. The van der Waals surface area contributed by atoms with Gasteiger partial charge >= 0.3 is 0 Å². The number of halogens is 2. The van der Waals surface area contributed by atoms with Gasteiger partial charge in [-0.05, 0) is 23.7 Å². The van der Waals surface area contributed by atoms with Crippen LogP contribution in [-0.2, 0) is 0 Å². The Bertz CT molecular complexity index is 438. The van der Waals surface area contributed by atoms with E-state index in [1.165, 1.54) is 0 Å². The maximum Gasteiger partial charge on any atom is 0.254 e. The molecule has 0 bridgehead atoms. The number of hydrogen-bond donors (Lipinski definition) is 1. The normalized spacial score (nSPS) is 9.62. The van der Waals surface area contributed by atoms with Crippen LogP contribution in [0.15, 0.2) is 24.5 Å². The molecule has 0 amide bonds. The molecule has 1 N–H and O–H groups in total. The Balaban J connectivity index is 0.000000845. The second-order valence-corrected chi connectivity index (χ2v) is 2.72. The Labute approximate surface area is 85.5 Å². The number of hydrogen-bond acceptors (Lipinski definition) is 2. The van der Waals surface area contributed by atoms with Gasteiger partial charge in [-0.15, -0.1) is 12.4 Å². The molecule has 0 saturated carbocycles. The van der Waals surface area contributed by atoms with Crippen LogP contribution in [-0.4, -0.2) is 15.2 Å². The molecule has 2 aromatic heterocycles. The van der Waals surface area contributed by atoms with Gasteiger partial charge < -0.3 is 4.98 Å². The fourth-order valence-electron chi connectivity index (χ4n) is 1.12. The van der Waals surface area contributed by atoms with Crippen LogP contribution in [0.4, 0.5) is 0 Å². The molecular formula is C8H6Cl2N2O. The van der Waals surface area contributed by atoms with Gasteiger partial charge in [-0.3, -0.25) is 4.79 Å². The van der Waals surface area contributed by atoms with Crippen molar-refractivity contribution in [1.29, 1.82) is 0 Å². The predicted molar refractivity (Wildman–Crippen MR) is 53.5 cm³/mol. The highest BCUT2D eigenvalue weighted by atomic mass is 35.5. The van der Waals surface area contributed by atoms with Crippen molar-refractivity contribution in [3.8, 4) is 0 Å². The summed E-state index contributed by atoms with van der Waals surface area (Å²) in [4.78, 5) is 17.7. The molecule has 68 valence electrons. The molecule has 0 spiro atoms. The summed E-state index contributed by atoms with van der Waals surface area (Å²) in [7, 11) is 0. The van der Waals surface area contributed by atoms with E-state index in [1.54, 1.807) is 24.5 Å². The van der Waals surface area contributed by atoms with Gasteiger partial charge in [0.2, 0.25) is 0 Å². The number of carbonyl (C=O) groups is 1. The monoisotopic (exact) mass is 216 g/mol. The molecule has 0 fully saturated rings. The van der Waals surface area contributed by atoms with Gasteiger partial charge in [-0.2, -0.15) is 0 Å². The first kappa shape index (κ1) is 10.0. The lowest BCUT2D eigenvalue weighted by molar-refractivity contribution is 0.108. The quantitative estimate of drug-likeness (QED) is 0.745. The van der Waals surface area contributed by atoms with E-state index in [9.17, 15) is 4.79 Å². The SMILES string of the molecule is Cl.O=C(Cl)c1c[nH]c2ncccc12. The summed E-state index contributed by atoms with van der Waals surface area (Å²) >= 11 is 5.34. The van der Waals surface area contributed by atoms with Crippen LogP contribution in [0.3, 0.4) is 0 Å². The van der Waals surface area contributed by atoms with Crippen LogP contribution in [0.25, 0.3) is 11.0 Å². The van der Waals surface area contributed by atoms with Gasteiger partial charge in [0.15, 0.2) is 0 Å². The van der Waals surface area contributed by atoms with E-state index in [1.807, 2.05) is 0 Å². The summed E-state index contributed by atoms with van der Waals surface area (Å²) in [6.45, 7) is 0. The Morgan fingerprint density at radius 3 is 3.00 bits per heavy atom. The van der Waals surface area contributed by atoms with Crippen molar-refractivity contribution in [2.75, 3.05) is 0 Å². The number of nitrogens with zero attached hydrogens (tertiary/aromatic N) is 1. The molecule has 2 heterocycles. The molecule has 0 radical (unpaired) electrons. The summed E-state index contributed by atoms with van der Waals surface area (Å²) in [5.41, 5.74) is 1.15. The van der Waals surface area contributed by atoms with Crippen molar-refractivity contribution in [3.05, 3.63) is 30.1 Å². The van der Waals surface area contributed by atoms with Gasteiger partial charge in [-0.25, -0.2) is 4.98 Å². The van der Waals surface area contributed by atoms with E-state index in [0.717, 1.165) is 5.39 Å². The minimum atomic E-state index is -0.464. The lowest BCUT2D eigenvalue weighted by Crippen LogP contribution is -1.84. The van der Waals surface area contributed by atoms with Crippen LogP contribution in [0.2, 0.25) is 0 Å². The van der Waals surface area contributed by atoms with Gasteiger partial charge in [0.05, 0.1) is 5.56 Å².